The molecule has 1 atom stereocenters. The van der Waals surface area contributed by atoms with Gasteiger partial charge in [0.05, 0.1) is 6.04 Å². The molecule has 0 radical (unpaired) electrons. The van der Waals surface area contributed by atoms with E-state index in [0.717, 1.165) is 59.7 Å². The molecule has 0 saturated carbocycles. The Bertz CT molecular complexity index is 850. The molecule has 6 heteroatoms. The van der Waals surface area contributed by atoms with Crippen LogP contribution in [0.3, 0.4) is 0 Å². The number of benzene rings is 1. The van der Waals surface area contributed by atoms with Gasteiger partial charge in [0.1, 0.15) is 11.6 Å². The highest BCUT2D eigenvalue weighted by Crippen LogP contribution is 2.32. The normalized spacial score (nSPS) is 19.0. The average molecular weight is 313 g/mol. The fourth-order valence-electron chi connectivity index (χ4n) is 3.53. The van der Waals surface area contributed by atoms with E-state index in [1.54, 1.807) is 12.1 Å². The number of hydrogen-bond acceptors (Lipinski definition) is 3. The first kappa shape index (κ1) is 14.4. The Morgan fingerprint density at radius 3 is 3.00 bits per heavy atom. The second-order valence-corrected chi connectivity index (χ2v) is 6.33. The Labute approximate surface area is 133 Å². The van der Waals surface area contributed by atoms with Crippen LogP contribution in [0.2, 0.25) is 0 Å². The predicted octanol–water partition coefficient (Wildman–Crippen LogP) is 3.38. The molecule has 1 saturated heterocycles. The van der Waals surface area contributed by atoms with E-state index in [4.69, 9.17) is 0 Å². The molecule has 0 unspecified atom stereocenters. The standard InChI is InChI=1S/C17H20FN5/c1-10-13-8-12(18)5-6-14(13)20-15(10)9-23-7-3-4-16(23)17-19-11(2)21-22-17/h5-6,8,16,20H,3-4,7,9H2,1-2H3,(H,19,21,22)/t16-/m0/s1. The molecular weight excluding hydrogens is 293 g/mol. The fraction of sp³-hybridized carbons (Fsp3) is 0.412. The molecule has 2 aromatic heterocycles. The molecule has 3 heterocycles. The number of nitrogens with one attached hydrogen (secondary N) is 2. The van der Waals surface area contributed by atoms with E-state index in [-0.39, 0.29) is 11.9 Å². The molecule has 1 aliphatic heterocycles. The van der Waals surface area contributed by atoms with Crippen molar-refractivity contribution in [3.05, 3.63) is 46.9 Å². The van der Waals surface area contributed by atoms with Gasteiger partial charge in [0.15, 0.2) is 5.82 Å². The zero-order chi connectivity index (χ0) is 16.0. The summed E-state index contributed by atoms with van der Waals surface area (Å²) in [6.45, 7) is 5.81. The van der Waals surface area contributed by atoms with Crippen molar-refractivity contribution in [2.45, 2.75) is 39.3 Å². The lowest BCUT2D eigenvalue weighted by Gasteiger charge is -2.21. The summed E-state index contributed by atoms with van der Waals surface area (Å²) in [4.78, 5) is 10.3. The van der Waals surface area contributed by atoms with Gasteiger partial charge < -0.3 is 4.98 Å². The molecule has 0 amide bonds. The molecule has 1 aliphatic rings. The summed E-state index contributed by atoms with van der Waals surface area (Å²) in [6, 6.07) is 5.16. The molecule has 5 nitrogen and oxygen atoms in total. The molecule has 0 aliphatic carbocycles. The third-order valence-corrected chi connectivity index (χ3v) is 4.76. The molecule has 120 valence electrons. The summed E-state index contributed by atoms with van der Waals surface area (Å²) < 4.78 is 13.5. The van der Waals surface area contributed by atoms with Crippen LogP contribution in [0.5, 0.6) is 0 Å². The zero-order valence-electron chi connectivity index (χ0n) is 13.4. The monoisotopic (exact) mass is 313 g/mol. The Kier molecular flexibility index (Phi) is 3.41. The van der Waals surface area contributed by atoms with Crippen LogP contribution in [0.4, 0.5) is 4.39 Å². The van der Waals surface area contributed by atoms with Gasteiger partial charge in [0.2, 0.25) is 0 Å². The van der Waals surface area contributed by atoms with E-state index in [1.165, 1.54) is 6.07 Å². The summed E-state index contributed by atoms with van der Waals surface area (Å²) in [6.07, 6.45) is 2.22. The van der Waals surface area contributed by atoms with Crippen molar-refractivity contribution < 1.29 is 4.39 Å². The minimum atomic E-state index is -0.193. The Hall–Kier alpha value is -2.21. The second-order valence-electron chi connectivity index (χ2n) is 6.33. The Balaban J connectivity index is 1.63. The van der Waals surface area contributed by atoms with Gasteiger partial charge in [-0.1, -0.05) is 0 Å². The largest absolute Gasteiger partial charge is 0.357 e. The van der Waals surface area contributed by atoms with Crippen LogP contribution in [-0.4, -0.2) is 31.6 Å². The first-order valence-electron chi connectivity index (χ1n) is 8.01. The van der Waals surface area contributed by atoms with Gasteiger partial charge in [-0.15, -0.1) is 0 Å². The van der Waals surface area contributed by atoms with Crippen molar-refractivity contribution in [2.24, 2.45) is 0 Å². The average Bonchev–Trinajstić information content (AvgIpc) is 3.22. The van der Waals surface area contributed by atoms with E-state index in [2.05, 4.69) is 32.0 Å². The molecule has 23 heavy (non-hydrogen) atoms. The van der Waals surface area contributed by atoms with Crippen LogP contribution in [0.25, 0.3) is 10.9 Å². The number of H-pyrrole nitrogens is 2. The summed E-state index contributed by atoms with van der Waals surface area (Å²) in [7, 11) is 0. The van der Waals surface area contributed by atoms with E-state index >= 15 is 0 Å². The highest BCUT2D eigenvalue weighted by Gasteiger charge is 2.29. The summed E-state index contributed by atoms with van der Waals surface area (Å²) in [5.74, 6) is 1.53. The lowest BCUT2D eigenvalue weighted by atomic mass is 10.1. The fourth-order valence-corrected chi connectivity index (χ4v) is 3.53. The number of aryl methyl sites for hydroxylation is 2. The maximum Gasteiger partial charge on any atom is 0.167 e. The summed E-state index contributed by atoms with van der Waals surface area (Å²) in [5, 5.41) is 8.22. The SMILES string of the molecule is Cc1nc([C@@H]2CCCN2Cc2[nH]c3ccc(F)cc3c2C)n[nH]1. The lowest BCUT2D eigenvalue weighted by Crippen LogP contribution is -2.24. The van der Waals surface area contributed by atoms with Crippen molar-refractivity contribution in [3.8, 4) is 0 Å². The second kappa shape index (κ2) is 5.45. The van der Waals surface area contributed by atoms with E-state index in [9.17, 15) is 4.39 Å². The number of aromatic nitrogens is 4. The molecule has 0 bridgehead atoms. The number of nitrogens with zero attached hydrogens (tertiary/aromatic N) is 3. The maximum absolute atomic E-state index is 13.5. The lowest BCUT2D eigenvalue weighted by molar-refractivity contribution is 0.237. The molecule has 4 rings (SSSR count). The Morgan fingerprint density at radius 1 is 1.35 bits per heavy atom. The molecule has 3 aromatic rings. The molecule has 1 aromatic carbocycles. The smallest absolute Gasteiger partial charge is 0.167 e. The van der Waals surface area contributed by atoms with Gasteiger partial charge in [-0.25, -0.2) is 9.37 Å². The van der Waals surface area contributed by atoms with E-state index < -0.39 is 0 Å². The van der Waals surface area contributed by atoms with Crippen LogP contribution in [-0.2, 0) is 6.54 Å². The van der Waals surface area contributed by atoms with Crippen LogP contribution in [0.1, 0.15) is 41.8 Å². The van der Waals surface area contributed by atoms with Gasteiger partial charge in [0.25, 0.3) is 0 Å². The van der Waals surface area contributed by atoms with Crippen LogP contribution in [0.15, 0.2) is 18.2 Å². The van der Waals surface area contributed by atoms with E-state index in [1.807, 2.05) is 6.92 Å². The maximum atomic E-state index is 13.5. The molecular formula is C17H20FN5. The summed E-state index contributed by atoms with van der Waals surface area (Å²) in [5.41, 5.74) is 3.25. The van der Waals surface area contributed by atoms with Gasteiger partial charge in [-0.3, -0.25) is 10.00 Å². The van der Waals surface area contributed by atoms with Crippen LogP contribution >= 0.6 is 0 Å². The topological polar surface area (TPSA) is 60.6 Å². The molecule has 0 spiro atoms. The quantitative estimate of drug-likeness (QED) is 0.779. The first-order valence-corrected chi connectivity index (χ1v) is 8.01. The van der Waals surface area contributed by atoms with Crippen molar-refractivity contribution in [1.82, 2.24) is 25.1 Å². The van der Waals surface area contributed by atoms with Gasteiger partial charge >= 0.3 is 0 Å². The number of hydrogen-bond donors (Lipinski definition) is 2. The Morgan fingerprint density at radius 2 is 2.22 bits per heavy atom. The number of halogens is 1. The van der Waals surface area contributed by atoms with Crippen molar-refractivity contribution in [1.29, 1.82) is 0 Å². The third-order valence-electron chi connectivity index (χ3n) is 4.76. The van der Waals surface area contributed by atoms with Gasteiger partial charge in [0, 0.05) is 23.1 Å². The summed E-state index contributed by atoms with van der Waals surface area (Å²) >= 11 is 0. The van der Waals surface area contributed by atoms with Crippen molar-refractivity contribution >= 4 is 10.9 Å². The number of aromatic amines is 2. The predicted molar refractivity (Wildman–Crippen MR) is 86.5 cm³/mol. The highest BCUT2D eigenvalue weighted by molar-refractivity contribution is 5.84. The van der Waals surface area contributed by atoms with Crippen molar-refractivity contribution in [2.75, 3.05) is 6.54 Å². The van der Waals surface area contributed by atoms with E-state index in [0.29, 0.717) is 0 Å². The highest BCUT2D eigenvalue weighted by atomic mass is 19.1. The third kappa shape index (κ3) is 2.53. The number of fused-ring (bicyclic) bond motifs is 1. The molecule has 1 fully saturated rings. The first-order chi connectivity index (χ1) is 11.1. The van der Waals surface area contributed by atoms with Crippen LogP contribution in [0, 0.1) is 19.7 Å². The number of likely N-dealkylation sites (tertiary alicyclic amines) is 1. The van der Waals surface area contributed by atoms with Gasteiger partial charge in [-0.05, 0) is 57.0 Å². The zero-order valence-corrected chi connectivity index (χ0v) is 13.4. The number of rotatable bonds is 3. The van der Waals surface area contributed by atoms with Crippen molar-refractivity contribution in [3.63, 3.8) is 0 Å². The van der Waals surface area contributed by atoms with Gasteiger partial charge in [-0.2, -0.15) is 5.10 Å². The van der Waals surface area contributed by atoms with Crippen LogP contribution < -0.4 is 0 Å². The minimum absolute atomic E-state index is 0.193. The molecule has 2 N–H and O–H groups in total. The minimum Gasteiger partial charge on any atom is -0.357 e.